The summed E-state index contributed by atoms with van der Waals surface area (Å²) >= 11 is 2.73. The van der Waals surface area contributed by atoms with E-state index in [1.165, 1.54) is 22.7 Å². The van der Waals surface area contributed by atoms with E-state index in [9.17, 15) is 4.79 Å². The highest BCUT2D eigenvalue weighted by Crippen LogP contribution is 2.27. The lowest BCUT2D eigenvalue weighted by atomic mass is 10.2. The van der Waals surface area contributed by atoms with Crippen LogP contribution in [-0.2, 0) is 4.74 Å². The molecule has 0 aliphatic heterocycles. The lowest BCUT2D eigenvalue weighted by molar-refractivity contribution is 0.102. The topological polar surface area (TPSA) is 77.0 Å². The fourth-order valence-electron chi connectivity index (χ4n) is 1.58. The van der Waals surface area contributed by atoms with Crippen molar-refractivity contribution in [3.05, 3.63) is 20.6 Å². The first-order chi connectivity index (χ1) is 9.92. The Morgan fingerprint density at radius 1 is 1.19 bits per heavy atom. The van der Waals surface area contributed by atoms with E-state index in [1.54, 1.807) is 7.11 Å². The van der Waals surface area contributed by atoms with Gasteiger partial charge in [-0.15, -0.1) is 21.5 Å². The lowest BCUT2D eigenvalue weighted by Crippen LogP contribution is -2.11. The second kappa shape index (κ2) is 6.59. The maximum atomic E-state index is 12.3. The number of amides is 1. The van der Waals surface area contributed by atoms with Gasteiger partial charge in [0.05, 0.1) is 10.7 Å². The average molecular weight is 326 g/mol. The predicted molar refractivity (Wildman–Crippen MR) is 84.2 cm³/mol. The van der Waals surface area contributed by atoms with Crippen molar-refractivity contribution in [1.82, 2.24) is 15.2 Å². The van der Waals surface area contributed by atoms with Crippen LogP contribution in [0.2, 0.25) is 0 Å². The third kappa shape index (κ3) is 3.63. The molecule has 0 spiro atoms. The summed E-state index contributed by atoms with van der Waals surface area (Å²) in [6.07, 6.45) is -0.133. The molecule has 21 heavy (non-hydrogen) atoms. The first-order valence-corrected chi connectivity index (χ1v) is 8.20. The maximum absolute atomic E-state index is 12.3. The molecule has 1 amide bonds. The number of hydrogen-bond donors (Lipinski definition) is 1. The highest BCUT2D eigenvalue weighted by Gasteiger charge is 2.19. The van der Waals surface area contributed by atoms with Crippen LogP contribution in [0.5, 0.6) is 0 Å². The SMILES string of the molecule is COC(C)c1nnc(NC(=O)c2sc(C(C)C)nc2C)s1. The fraction of sp³-hybridized carbons (Fsp3) is 0.538. The number of aryl methyl sites for hydroxylation is 1. The van der Waals surface area contributed by atoms with Crippen molar-refractivity contribution in [2.45, 2.75) is 39.7 Å². The Bertz CT molecular complexity index is 636. The number of hydrogen-bond acceptors (Lipinski definition) is 7. The van der Waals surface area contributed by atoms with E-state index in [4.69, 9.17) is 4.74 Å². The molecule has 0 bridgehead atoms. The van der Waals surface area contributed by atoms with Crippen LogP contribution in [0.25, 0.3) is 0 Å². The Balaban J connectivity index is 2.12. The molecule has 114 valence electrons. The molecule has 0 saturated heterocycles. The van der Waals surface area contributed by atoms with Crippen LogP contribution in [-0.4, -0.2) is 28.2 Å². The summed E-state index contributed by atoms with van der Waals surface area (Å²) in [4.78, 5) is 17.3. The van der Waals surface area contributed by atoms with Crippen molar-refractivity contribution in [2.75, 3.05) is 12.4 Å². The minimum Gasteiger partial charge on any atom is -0.374 e. The molecule has 2 aromatic heterocycles. The summed E-state index contributed by atoms with van der Waals surface area (Å²) in [6.45, 7) is 7.84. The molecule has 2 aromatic rings. The summed E-state index contributed by atoms with van der Waals surface area (Å²) in [5.41, 5.74) is 0.746. The van der Waals surface area contributed by atoms with Gasteiger partial charge in [-0.05, 0) is 13.8 Å². The number of methoxy groups -OCH3 is 1. The van der Waals surface area contributed by atoms with Gasteiger partial charge in [-0.2, -0.15) is 0 Å². The summed E-state index contributed by atoms with van der Waals surface area (Å²) < 4.78 is 5.18. The number of nitrogens with one attached hydrogen (secondary N) is 1. The van der Waals surface area contributed by atoms with E-state index in [-0.39, 0.29) is 12.0 Å². The minimum atomic E-state index is -0.190. The standard InChI is InChI=1S/C13H18N4O2S2/c1-6(2)11-14-7(3)9(20-11)10(18)15-13-17-16-12(21-13)8(4)19-5/h6,8H,1-5H3,(H,15,17,18). The van der Waals surface area contributed by atoms with Crippen LogP contribution in [0.4, 0.5) is 5.13 Å². The van der Waals surface area contributed by atoms with Crippen molar-refractivity contribution in [3.8, 4) is 0 Å². The molecule has 8 heteroatoms. The molecule has 0 fully saturated rings. The van der Waals surface area contributed by atoms with Crippen LogP contribution in [0, 0.1) is 6.92 Å². The van der Waals surface area contributed by atoms with Gasteiger partial charge in [-0.3, -0.25) is 10.1 Å². The molecule has 2 rings (SSSR count). The van der Waals surface area contributed by atoms with E-state index in [0.717, 1.165) is 15.7 Å². The zero-order chi connectivity index (χ0) is 15.6. The fourth-order valence-corrected chi connectivity index (χ4v) is 3.31. The second-order valence-electron chi connectivity index (χ2n) is 4.90. The van der Waals surface area contributed by atoms with Crippen LogP contribution in [0.3, 0.4) is 0 Å². The number of nitrogens with zero attached hydrogens (tertiary/aromatic N) is 3. The molecule has 2 heterocycles. The Morgan fingerprint density at radius 3 is 2.48 bits per heavy atom. The van der Waals surface area contributed by atoms with Crippen LogP contribution < -0.4 is 5.32 Å². The number of aromatic nitrogens is 3. The molecule has 6 nitrogen and oxygen atoms in total. The van der Waals surface area contributed by atoms with Crippen molar-refractivity contribution in [2.24, 2.45) is 0 Å². The first-order valence-electron chi connectivity index (χ1n) is 6.57. The van der Waals surface area contributed by atoms with Gasteiger partial charge in [-0.25, -0.2) is 4.98 Å². The van der Waals surface area contributed by atoms with E-state index < -0.39 is 0 Å². The first kappa shape index (κ1) is 16.0. The number of thiazole rings is 1. The Morgan fingerprint density at radius 2 is 1.90 bits per heavy atom. The van der Waals surface area contributed by atoms with Crippen molar-refractivity contribution >= 4 is 33.7 Å². The summed E-state index contributed by atoms with van der Waals surface area (Å²) in [6, 6.07) is 0. The number of ether oxygens (including phenoxy) is 1. The van der Waals surface area contributed by atoms with Gasteiger partial charge in [-0.1, -0.05) is 25.2 Å². The van der Waals surface area contributed by atoms with Gasteiger partial charge < -0.3 is 4.74 Å². The van der Waals surface area contributed by atoms with Crippen molar-refractivity contribution in [3.63, 3.8) is 0 Å². The van der Waals surface area contributed by atoms with Crippen LogP contribution >= 0.6 is 22.7 Å². The summed E-state index contributed by atoms with van der Waals surface area (Å²) in [5, 5.41) is 12.9. The average Bonchev–Trinajstić information content (AvgIpc) is 3.04. The molecule has 1 unspecified atom stereocenters. The zero-order valence-corrected chi connectivity index (χ0v) is 14.3. The van der Waals surface area contributed by atoms with Crippen molar-refractivity contribution in [1.29, 1.82) is 0 Å². The number of carbonyl (C=O) groups is 1. The lowest BCUT2D eigenvalue weighted by Gasteiger charge is -2.02. The molecule has 0 radical (unpaired) electrons. The normalized spacial score (nSPS) is 12.7. The van der Waals surface area contributed by atoms with Gasteiger partial charge in [0.15, 0.2) is 0 Å². The van der Waals surface area contributed by atoms with E-state index >= 15 is 0 Å². The number of carbonyl (C=O) groups excluding carboxylic acids is 1. The van der Waals surface area contributed by atoms with Gasteiger partial charge in [0, 0.05) is 13.0 Å². The van der Waals surface area contributed by atoms with Gasteiger partial charge >= 0.3 is 0 Å². The third-order valence-electron chi connectivity index (χ3n) is 2.88. The quantitative estimate of drug-likeness (QED) is 0.911. The largest absolute Gasteiger partial charge is 0.374 e. The third-order valence-corrected chi connectivity index (χ3v) is 5.33. The molecule has 1 atom stereocenters. The molecule has 0 saturated carbocycles. The molecular formula is C13H18N4O2S2. The molecule has 0 aliphatic rings. The maximum Gasteiger partial charge on any atom is 0.269 e. The highest BCUT2D eigenvalue weighted by molar-refractivity contribution is 7.16. The van der Waals surface area contributed by atoms with Gasteiger partial charge in [0.25, 0.3) is 5.91 Å². The van der Waals surface area contributed by atoms with Crippen LogP contribution in [0.1, 0.15) is 58.2 Å². The van der Waals surface area contributed by atoms with E-state index in [0.29, 0.717) is 15.9 Å². The Kier molecular flexibility index (Phi) is 5.02. The molecular weight excluding hydrogens is 308 g/mol. The summed E-state index contributed by atoms with van der Waals surface area (Å²) in [5.74, 6) is 0.121. The van der Waals surface area contributed by atoms with Gasteiger partial charge in [0.2, 0.25) is 5.13 Å². The van der Waals surface area contributed by atoms with Crippen molar-refractivity contribution < 1.29 is 9.53 Å². The number of anilines is 1. The van der Waals surface area contributed by atoms with Gasteiger partial charge in [0.1, 0.15) is 16.0 Å². The smallest absolute Gasteiger partial charge is 0.269 e. The minimum absolute atomic E-state index is 0.133. The molecule has 0 aromatic carbocycles. The van der Waals surface area contributed by atoms with E-state index in [2.05, 4.69) is 34.3 Å². The second-order valence-corrected chi connectivity index (χ2v) is 6.94. The predicted octanol–water partition coefficient (Wildman–Crippen LogP) is 3.39. The Labute approximate surface area is 131 Å². The Hall–Kier alpha value is -1.38. The monoisotopic (exact) mass is 326 g/mol. The molecule has 0 aliphatic carbocycles. The van der Waals surface area contributed by atoms with E-state index in [1.807, 2.05) is 13.8 Å². The summed E-state index contributed by atoms with van der Waals surface area (Å²) in [7, 11) is 1.61. The molecule has 1 N–H and O–H groups in total. The number of rotatable bonds is 5. The van der Waals surface area contributed by atoms with Crippen LogP contribution in [0.15, 0.2) is 0 Å². The highest BCUT2D eigenvalue weighted by atomic mass is 32.1. The zero-order valence-electron chi connectivity index (χ0n) is 12.6.